The summed E-state index contributed by atoms with van der Waals surface area (Å²) >= 11 is 0. The molecule has 29 heavy (non-hydrogen) atoms. The van der Waals surface area contributed by atoms with E-state index in [-0.39, 0.29) is 11.6 Å². The zero-order chi connectivity index (χ0) is 20.9. The molecule has 3 rings (SSSR count). The maximum absolute atomic E-state index is 12.6. The van der Waals surface area contributed by atoms with E-state index in [9.17, 15) is 4.79 Å². The summed E-state index contributed by atoms with van der Waals surface area (Å²) in [4.78, 5) is 12.6. The number of ether oxygens (including phenoxy) is 1. The Morgan fingerprint density at radius 2 is 1.52 bits per heavy atom. The molecule has 1 unspecified atom stereocenters. The van der Waals surface area contributed by atoms with Crippen LogP contribution in [0.15, 0.2) is 77.9 Å². The lowest BCUT2D eigenvalue weighted by molar-refractivity contribution is -0.143. The Labute approximate surface area is 176 Å². The highest BCUT2D eigenvalue weighted by molar-refractivity contribution is 7.85. The number of carbonyl (C=O) groups is 1. The summed E-state index contributed by atoms with van der Waals surface area (Å²) < 4.78 is 5.38. The molecular formula is C26H34O2P+. The van der Waals surface area contributed by atoms with Crippen molar-refractivity contribution in [3.8, 4) is 0 Å². The molecule has 2 aliphatic carbocycles. The van der Waals surface area contributed by atoms with Crippen LogP contribution in [0.4, 0.5) is 0 Å². The van der Waals surface area contributed by atoms with E-state index in [1.54, 1.807) is 0 Å². The third kappa shape index (κ3) is 4.33. The maximum Gasteiger partial charge on any atom is 0.309 e. The molecule has 3 heteroatoms. The van der Waals surface area contributed by atoms with Crippen molar-refractivity contribution >= 4 is 18.5 Å². The average Bonchev–Trinajstić information content (AvgIpc) is 3.43. The van der Waals surface area contributed by atoms with Gasteiger partial charge in [0.05, 0.1) is 42.6 Å². The predicted octanol–water partition coefficient (Wildman–Crippen LogP) is 6.22. The second-order valence-electron chi connectivity index (χ2n) is 8.13. The number of benzene rings is 1. The van der Waals surface area contributed by atoms with E-state index in [2.05, 4.69) is 87.6 Å². The van der Waals surface area contributed by atoms with Crippen LogP contribution in [-0.4, -0.2) is 29.6 Å². The first-order chi connectivity index (χ1) is 14.0. The van der Waals surface area contributed by atoms with Gasteiger partial charge >= 0.3 is 5.97 Å². The van der Waals surface area contributed by atoms with Crippen molar-refractivity contribution in [1.29, 1.82) is 0 Å². The molecule has 0 spiro atoms. The molecule has 0 saturated heterocycles. The number of allylic oxidation sites excluding steroid dienone is 8. The van der Waals surface area contributed by atoms with Gasteiger partial charge in [-0.05, 0) is 63.8 Å². The van der Waals surface area contributed by atoms with E-state index in [1.807, 2.05) is 6.92 Å². The molecule has 1 aromatic carbocycles. The van der Waals surface area contributed by atoms with E-state index < -0.39 is 7.26 Å². The van der Waals surface area contributed by atoms with Crippen molar-refractivity contribution in [2.24, 2.45) is 0 Å². The first-order valence-corrected chi connectivity index (χ1v) is 12.8. The average molecular weight is 410 g/mol. The molecule has 1 aromatic rings. The highest BCUT2D eigenvalue weighted by Gasteiger charge is 2.56. The molecular weight excluding hydrogens is 375 g/mol. The van der Waals surface area contributed by atoms with Crippen molar-refractivity contribution in [3.05, 3.63) is 77.9 Å². The van der Waals surface area contributed by atoms with Gasteiger partial charge in [-0.15, -0.1) is 0 Å². The smallest absolute Gasteiger partial charge is 0.309 e. The summed E-state index contributed by atoms with van der Waals surface area (Å²) in [5, 5.41) is 1.43. The van der Waals surface area contributed by atoms with Gasteiger partial charge in [0, 0.05) is 0 Å². The second kappa shape index (κ2) is 9.72. The Hall–Kier alpha value is -1.92. The lowest BCUT2D eigenvalue weighted by Gasteiger charge is -2.43. The molecule has 2 aliphatic rings. The highest BCUT2D eigenvalue weighted by atomic mass is 31.2. The minimum atomic E-state index is -1.82. The Bertz CT molecular complexity index is 796. The predicted molar refractivity (Wildman–Crippen MR) is 126 cm³/mol. The summed E-state index contributed by atoms with van der Waals surface area (Å²) in [6, 6.07) is 11.0. The first kappa shape index (κ1) is 21.8. The number of carbonyl (C=O) groups excluding carboxylic acids is 1. The number of hydrogen-bond acceptors (Lipinski definition) is 2. The van der Waals surface area contributed by atoms with Crippen LogP contribution in [-0.2, 0) is 9.53 Å². The molecule has 0 heterocycles. The SMILES string of the molecule is CCOC(=O)CC(C)[P+](c1ccccc1)([C@H](C)C1=CC=CC1)[C@H](C)C1=CC=CC1. The minimum Gasteiger partial charge on any atom is -0.466 e. The van der Waals surface area contributed by atoms with Crippen molar-refractivity contribution in [3.63, 3.8) is 0 Å². The van der Waals surface area contributed by atoms with Gasteiger partial charge in [0.1, 0.15) is 0 Å². The molecule has 2 nitrogen and oxygen atoms in total. The molecule has 0 bridgehead atoms. The zero-order valence-electron chi connectivity index (χ0n) is 18.2. The van der Waals surface area contributed by atoms with Gasteiger partial charge in [-0.25, -0.2) is 0 Å². The minimum absolute atomic E-state index is 0.0724. The van der Waals surface area contributed by atoms with Crippen LogP contribution in [0.3, 0.4) is 0 Å². The van der Waals surface area contributed by atoms with Gasteiger partial charge in [0.2, 0.25) is 0 Å². The fourth-order valence-electron chi connectivity index (χ4n) is 5.19. The first-order valence-electron chi connectivity index (χ1n) is 10.8. The van der Waals surface area contributed by atoms with Gasteiger partial charge in [0.15, 0.2) is 0 Å². The Kier molecular flexibility index (Phi) is 7.30. The van der Waals surface area contributed by atoms with Gasteiger partial charge in [0.25, 0.3) is 0 Å². The van der Waals surface area contributed by atoms with E-state index in [0.29, 0.717) is 24.3 Å². The fourth-order valence-corrected chi connectivity index (χ4v) is 11.4. The quantitative estimate of drug-likeness (QED) is 0.357. The number of rotatable bonds is 9. The van der Waals surface area contributed by atoms with Crippen LogP contribution in [0.25, 0.3) is 0 Å². The molecule has 0 fully saturated rings. The third-order valence-electron chi connectivity index (χ3n) is 6.65. The summed E-state index contributed by atoms with van der Waals surface area (Å²) in [5.74, 6) is -0.0724. The number of hydrogen-bond donors (Lipinski definition) is 0. The third-order valence-corrected chi connectivity index (χ3v) is 12.7. The lowest BCUT2D eigenvalue weighted by Crippen LogP contribution is -2.38. The summed E-state index contributed by atoms with van der Waals surface area (Å²) in [7, 11) is -1.82. The van der Waals surface area contributed by atoms with Crippen LogP contribution in [0.5, 0.6) is 0 Å². The van der Waals surface area contributed by atoms with Crippen molar-refractivity contribution in [2.75, 3.05) is 6.61 Å². The zero-order valence-corrected chi connectivity index (χ0v) is 19.1. The van der Waals surface area contributed by atoms with Crippen molar-refractivity contribution < 1.29 is 9.53 Å². The van der Waals surface area contributed by atoms with Crippen LogP contribution in [0.1, 0.15) is 47.0 Å². The van der Waals surface area contributed by atoms with Gasteiger partial charge in [-0.3, -0.25) is 4.79 Å². The van der Waals surface area contributed by atoms with Crippen LogP contribution >= 0.6 is 7.26 Å². The molecule has 3 atom stereocenters. The van der Waals surface area contributed by atoms with E-state index >= 15 is 0 Å². The monoisotopic (exact) mass is 409 g/mol. The standard InChI is InChI=1S/C26H34O2P/c1-5-28-26(27)19-20(2)29(25-17-7-6-8-18-25,21(3)23-13-9-10-14-23)22(4)24-15-11-12-16-24/h6-13,15,17-18,20-22H,5,14,16,19H2,1-4H3/q+1/t20?,21-,22-/m1/s1. The number of esters is 1. The van der Waals surface area contributed by atoms with E-state index in [1.165, 1.54) is 16.5 Å². The normalized spacial score (nSPS) is 18.9. The molecule has 0 aromatic heterocycles. The van der Waals surface area contributed by atoms with Gasteiger partial charge in [-0.1, -0.05) is 54.7 Å². The van der Waals surface area contributed by atoms with Gasteiger partial charge < -0.3 is 4.74 Å². The van der Waals surface area contributed by atoms with E-state index in [0.717, 1.165) is 12.8 Å². The molecule has 0 aliphatic heterocycles. The van der Waals surface area contributed by atoms with Crippen molar-refractivity contribution in [1.82, 2.24) is 0 Å². The molecule has 0 N–H and O–H groups in total. The second-order valence-corrected chi connectivity index (χ2v) is 12.7. The lowest BCUT2D eigenvalue weighted by atomic mass is 10.2. The maximum atomic E-state index is 12.6. The van der Waals surface area contributed by atoms with Crippen LogP contribution in [0, 0.1) is 0 Å². The van der Waals surface area contributed by atoms with Gasteiger partial charge in [-0.2, -0.15) is 0 Å². The summed E-state index contributed by atoms with van der Waals surface area (Å²) in [6.45, 7) is 9.42. The fraction of sp³-hybridized carbons (Fsp3) is 0.423. The Morgan fingerprint density at radius 3 is 1.97 bits per heavy atom. The van der Waals surface area contributed by atoms with Crippen LogP contribution in [0.2, 0.25) is 0 Å². The van der Waals surface area contributed by atoms with Crippen LogP contribution < -0.4 is 5.30 Å². The molecule has 0 radical (unpaired) electrons. The highest BCUT2D eigenvalue weighted by Crippen LogP contribution is 2.73. The van der Waals surface area contributed by atoms with Crippen molar-refractivity contribution in [2.45, 2.75) is 63.9 Å². The topological polar surface area (TPSA) is 26.3 Å². The summed E-state index contributed by atoms with van der Waals surface area (Å²) in [5.41, 5.74) is 4.08. The summed E-state index contributed by atoms with van der Waals surface area (Å²) in [6.07, 6.45) is 16.0. The molecule has 154 valence electrons. The molecule has 0 saturated carbocycles. The van der Waals surface area contributed by atoms with E-state index in [4.69, 9.17) is 4.74 Å². The molecule has 0 amide bonds. The Balaban J connectivity index is 2.13. The largest absolute Gasteiger partial charge is 0.466 e. The Morgan fingerprint density at radius 1 is 0.966 bits per heavy atom.